The van der Waals surface area contributed by atoms with Crippen molar-refractivity contribution in [2.75, 3.05) is 11.9 Å². The number of hydrogen-bond donors (Lipinski definition) is 4. The van der Waals surface area contributed by atoms with E-state index in [4.69, 9.17) is 5.73 Å². The molecule has 3 heterocycles. The zero-order valence-electron chi connectivity index (χ0n) is 16.9. The molecule has 0 saturated heterocycles. The number of nitrogens with one attached hydrogen (secondary N) is 3. The molecule has 1 aromatic heterocycles. The Balaban J connectivity index is 1.55. The third-order valence-corrected chi connectivity index (χ3v) is 5.36. The number of hydrazine groups is 1. The van der Waals surface area contributed by atoms with Gasteiger partial charge in [-0.25, -0.2) is 19.2 Å². The van der Waals surface area contributed by atoms with E-state index in [1.807, 2.05) is 0 Å². The zero-order valence-corrected chi connectivity index (χ0v) is 16.9. The fraction of sp³-hybridized carbons (Fsp3) is 0.500. The van der Waals surface area contributed by atoms with Crippen LogP contribution in [0.1, 0.15) is 25.0 Å². The van der Waals surface area contributed by atoms with Gasteiger partial charge in [-0.2, -0.15) is 18.3 Å². The highest BCUT2D eigenvalue weighted by Crippen LogP contribution is 2.34. The van der Waals surface area contributed by atoms with Gasteiger partial charge in [0.05, 0.1) is 11.3 Å². The minimum absolute atomic E-state index is 0.00487. The van der Waals surface area contributed by atoms with Crippen LogP contribution in [-0.4, -0.2) is 51.1 Å². The number of hydrogen-bond acceptors (Lipinski definition) is 7. The van der Waals surface area contributed by atoms with Crippen LogP contribution in [-0.2, 0) is 18.0 Å². The Labute approximate surface area is 179 Å². The van der Waals surface area contributed by atoms with Gasteiger partial charge in [-0.05, 0) is 12.5 Å². The third-order valence-electron chi connectivity index (χ3n) is 5.36. The lowest BCUT2D eigenvalue weighted by Crippen LogP contribution is -2.53. The second-order valence-electron chi connectivity index (χ2n) is 7.85. The van der Waals surface area contributed by atoms with Crippen LogP contribution in [0.4, 0.5) is 27.6 Å². The summed E-state index contributed by atoms with van der Waals surface area (Å²) >= 11 is 0. The molecule has 0 unspecified atom stereocenters. The number of rotatable bonds is 3. The van der Waals surface area contributed by atoms with E-state index in [0.717, 1.165) is 10.9 Å². The van der Waals surface area contributed by atoms with Crippen molar-refractivity contribution in [1.82, 2.24) is 25.5 Å². The van der Waals surface area contributed by atoms with Gasteiger partial charge in [0.2, 0.25) is 5.92 Å². The monoisotopic (exact) mass is 460 g/mol. The standard InChI is InChI=1S/C18H21F5N8O/c1-30-8-12(14(29-30)18(21,22)23)27-16(32)9-7-25-31-5-3-13(28-15(9)31)26-11-6-17(19,20)4-2-10(11)24/h3,5,8,10-11,25H,2,4,6-7,24H2,1H3,(H,26,28)(H,27,32)/t10-,11+/m1/s1. The quantitative estimate of drug-likeness (QED) is 0.508. The first-order chi connectivity index (χ1) is 14.9. The van der Waals surface area contributed by atoms with Crippen molar-refractivity contribution in [1.29, 1.82) is 0 Å². The maximum atomic E-state index is 13.8. The first kappa shape index (κ1) is 22.2. The van der Waals surface area contributed by atoms with Gasteiger partial charge in [0.25, 0.3) is 5.91 Å². The molecule has 1 aromatic rings. The Morgan fingerprint density at radius 1 is 1.38 bits per heavy atom. The smallest absolute Gasteiger partial charge is 0.365 e. The molecule has 9 nitrogen and oxygen atoms in total. The van der Waals surface area contributed by atoms with Crippen molar-refractivity contribution >= 4 is 17.4 Å². The maximum absolute atomic E-state index is 13.8. The summed E-state index contributed by atoms with van der Waals surface area (Å²) in [5, 5.41) is 9.89. The largest absolute Gasteiger partial charge is 0.437 e. The van der Waals surface area contributed by atoms with E-state index in [1.165, 1.54) is 24.3 Å². The van der Waals surface area contributed by atoms with Crippen LogP contribution < -0.4 is 21.8 Å². The maximum Gasteiger partial charge on any atom is 0.437 e. The van der Waals surface area contributed by atoms with Crippen molar-refractivity contribution in [3.05, 3.63) is 35.6 Å². The SMILES string of the molecule is Cn1cc(NC(=O)C2=C3N=C(N[C@H]4CC(F)(F)CC[C@H]4N)C=CN3NC2)c(C(F)(F)F)n1. The molecule has 174 valence electrons. The number of carbonyl (C=O) groups excluding carboxylic acids is 1. The summed E-state index contributed by atoms with van der Waals surface area (Å²) in [5.41, 5.74) is 7.19. The van der Waals surface area contributed by atoms with Gasteiger partial charge in [0.1, 0.15) is 5.84 Å². The molecular formula is C18H21F5N8O. The highest BCUT2D eigenvalue weighted by Gasteiger charge is 2.41. The van der Waals surface area contributed by atoms with Crippen molar-refractivity contribution in [3.63, 3.8) is 0 Å². The number of alkyl halides is 5. The Bertz CT molecular complexity index is 1010. The van der Waals surface area contributed by atoms with E-state index >= 15 is 0 Å². The molecule has 2 aliphatic heterocycles. The molecule has 0 bridgehead atoms. The molecule has 1 amide bonds. The van der Waals surface area contributed by atoms with E-state index in [9.17, 15) is 26.7 Å². The minimum atomic E-state index is -4.74. The number of anilines is 1. The molecule has 1 saturated carbocycles. The average Bonchev–Trinajstić information content (AvgIpc) is 3.27. The number of carbonyl (C=O) groups is 1. The third kappa shape index (κ3) is 4.46. The van der Waals surface area contributed by atoms with Crippen LogP contribution in [0.5, 0.6) is 0 Å². The number of amides is 1. The lowest BCUT2D eigenvalue weighted by Gasteiger charge is -2.35. The van der Waals surface area contributed by atoms with Gasteiger partial charge in [0, 0.05) is 50.9 Å². The number of amidine groups is 1. The van der Waals surface area contributed by atoms with Gasteiger partial charge in [-0.3, -0.25) is 14.5 Å². The molecule has 4 rings (SSSR count). The summed E-state index contributed by atoms with van der Waals surface area (Å²) in [6, 6.07) is -1.21. The summed E-state index contributed by atoms with van der Waals surface area (Å²) in [6.07, 6.45) is -1.22. The molecule has 1 fully saturated rings. The Morgan fingerprint density at radius 3 is 2.84 bits per heavy atom. The molecule has 0 aromatic carbocycles. The molecule has 1 aliphatic carbocycles. The summed E-state index contributed by atoms with van der Waals surface area (Å²) in [4.78, 5) is 17.0. The van der Waals surface area contributed by atoms with Crippen molar-refractivity contribution < 1.29 is 26.7 Å². The summed E-state index contributed by atoms with van der Waals surface area (Å²) < 4.78 is 68.0. The van der Waals surface area contributed by atoms with Crippen LogP contribution in [0.2, 0.25) is 0 Å². The lowest BCUT2D eigenvalue weighted by molar-refractivity contribution is -0.140. The number of nitrogens with zero attached hydrogens (tertiary/aromatic N) is 4. The lowest BCUT2D eigenvalue weighted by atomic mass is 9.88. The predicted octanol–water partition coefficient (Wildman–Crippen LogP) is 1.44. The fourth-order valence-corrected chi connectivity index (χ4v) is 3.76. The van der Waals surface area contributed by atoms with Crippen LogP contribution in [0.25, 0.3) is 0 Å². The number of aryl methyl sites for hydroxylation is 1. The molecule has 2 atom stereocenters. The number of aliphatic imine (C=N–C) groups is 1. The van der Waals surface area contributed by atoms with Gasteiger partial charge >= 0.3 is 6.18 Å². The van der Waals surface area contributed by atoms with Crippen molar-refractivity contribution in [3.8, 4) is 0 Å². The fourth-order valence-electron chi connectivity index (χ4n) is 3.76. The predicted molar refractivity (Wildman–Crippen MR) is 104 cm³/mol. The van der Waals surface area contributed by atoms with E-state index in [0.29, 0.717) is 0 Å². The van der Waals surface area contributed by atoms with E-state index in [-0.39, 0.29) is 36.6 Å². The van der Waals surface area contributed by atoms with Gasteiger partial charge in [-0.15, -0.1) is 0 Å². The summed E-state index contributed by atoms with van der Waals surface area (Å²) in [7, 11) is 1.30. The Kier molecular flexibility index (Phi) is 5.45. The normalized spacial score (nSPS) is 25.0. The van der Waals surface area contributed by atoms with Gasteiger partial charge in [0.15, 0.2) is 11.5 Å². The molecule has 0 spiro atoms. The molecule has 32 heavy (non-hydrogen) atoms. The second kappa shape index (κ2) is 7.85. The van der Waals surface area contributed by atoms with E-state index in [1.54, 1.807) is 0 Å². The van der Waals surface area contributed by atoms with E-state index < -0.39 is 47.9 Å². The number of nitrogens with two attached hydrogens (primary N) is 1. The molecule has 3 aliphatic rings. The highest BCUT2D eigenvalue weighted by atomic mass is 19.4. The molecule has 14 heteroatoms. The van der Waals surface area contributed by atoms with Crippen LogP contribution >= 0.6 is 0 Å². The van der Waals surface area contributed by atoms with Gasteiger partial charge < -0.3 is 16.4 Å². The summed E-state index contributed by atoms with van der Waals surface area (Å²) in [6.45, 7) is 0.00487. The van der Waals surface area contributed by atoms with Gasteiger partial charge in [-0.1, -0.05) is 0 Å². The van der Waals surface area contributed by atoms with Crippen molar-refractivity contribution in [2.45, 2.75) is 43.4 Å². The Morgan fingerprint density at radius 2 is 2.12 bits per heavy atom. The second-order valence-corrected chi connectivity index (χ2v) is 7.85. The minimum Gasteiger partial charge on any atom is -0.365 e. The number of halogens is 5. The van der Waals surface area contributed by atoms with Crippen LogP contribution in [0.15, 0.2) is 34.9 Å². The number of aromatic nitrogens is 2. The van der Waals surface area contributed by atoms with Crippen molar-refractivity contribution in [2.24, 2.45) is 17.8 Å². The Hall–Kier alpha value is -3.00. The summed E-state index contributed by atoms with van der Waals surface area (Å²) in [5.74, 6) is -3.27. The molecular weight excluding hydrogens is 439 g/mol. The zero-order chi connectivity index (χ0) is 23.3. The number of fused-ring (bicyclic) bond motifs is 1. The molecule has 5 N–H and O–H groups in total. The first-order valence-electron chi connectivity index (χ1n) is 9.78. The average molecular weight is 460 g/mol. The van der Waals surface area contributed by atoms with Crippen LogP contribution in [0.3, 0.4) is 0 Å². The van der Waals surface area contributed by atoms with Crippen LogP contribution in [0, 0.1) is 0 Å². The topological polar surface area (TPSA) is 113 Å². The highest BCUT2D eigenvalue weighted by molar-refractivity contribution is 6.06. The first-order valence-corrected chi connectivity index (χ1v) is 9.78. The molecule has 0 radical (unpaired) electrons. The van der Waals surface area contributed by atoms with E-state index in [2.05, 4.69) is 26.2 Å².